The van der Waals surface area contributed by atoms with E-state index in [4.69, 9.17) is 8.85 Å². The van der Waals surface area contributed by atoms with E-state index in [0.29, 0.717) is 5.91 Å². The molecule has 1 saturated heterocycles. The molecule has 0 bridgehead atoms. The van der Waals surface area contributed by atoms with E-state index >= 15 is 0 Å². The number of hydrogen-bond acceptors (Lipinski definition) is 3. The van der Waals surface area contributed by atoms with Crippen LogP contribution in [0.1, 0.15) is 71.6 Å². The average Bonchev–Trinajstić information content (AvgIpc) is 2.92. The van der Waals surface area contributed by atoms with Crippen molar-refractivity contribution < 1.29 is 13.6 Å². The molecule has 1 aliphatic heterocycles. The van der Waals surface area contributed by atoms with Crippen molar-refractivity contribution in [1.29, 1.82) is 0 Å². The van der Waals surface area contributed by atoms with Crippen LogP contribution in [0.5, 0.6) is 0 Å². The summed E-state index contributed by atoms with van der Waals surface area (Å²) in [6.07, 6.45) is 10.0. The maximum Gasteiger partial charge on any atom is 0.321 e. The molecule has 0 radical (unpaired) electrons. The molecule has 0 N–H and O–H groups in total. The molecule has 0 aliphatic carbocycles. The van der Waals surface area contributed by atoms with E-state index in [1.807, 2.05) is 4.90 Å². The molecule has 0 unspecified atom stereocenters. The lowest BCUT2D eigenvalue weighted by Gasteiger charge is -2.19. The van der Waals surface area contributed by atoms with Crippen LogP contribution in [-0.4, -0.2) is 46.4 Å². The highest BCUT2D eigenvalue weighted by Crippen LogP contribution is 2.12. The molecule has 1 aliphatic rings. The smallest absolute Gasteiger partial charge is 0.321 e. The fourth-order valence-corrected chi connectivity index (χ4v) is 4.54. The van der Waals surface area contributed by atoms with Gasteiger partial charge in [-0.2, -0.15) is 0 Å². The summed E-state index contributed by atoms with van der Waals surface area (Å²) < 4.78 is 12.1. The molecule has 1 amide bonds. The second kappa shape index (κ2) is 13.1. The number of nitrogens with zero attached hydrogens (tertiary/aromatic N) is 1. The normalized spacial score (nSPS) is 15.2. The predicted molar refractivity (Wildman–Crippen MR) is 93.3 cm³/mol. The van der Waals surface area contributed by atoms with Crippen molar-refractivity contribution in [2.24, 2.45) is 0 Å². The second-order valence-electron chi connectivity index (χ2n) is 6.21. The molecular formula is C17H35NO3Si. The largest absolute Gasteiger partial charge is 0.397 e. The van der Waals surface area contributed by atoms with E-state index in [2.05, 4.69) is 13.8 Å². The summed E-state index contributed by atoms with van der Waals surface area (Å²) in [6, 6.07) is 1.03. The summed E-state index contributed by atoms with van der Waals surface area (Å²) in [5.74, 6) is 0.325. The van der Waals surface area contributed by atoms with Gasteiger partial charge in [-0.05, 0) is 31.7 Å². The predicted octanol–water partition coefficient (Wildman–Crippen LogP) is 3.63. The third kappa shape index (κ3) is 8.91. The van der Waals surface area contributed by atoms with Crippen LogP contribution in [-0.2, 0) is 13.6 Å². The first kappa shape index (κ1) is 19.7. The Kier molecular flexibility index (Phi) is 11.7. The van der Waals surface area contributed by atoms with E-state index < -0.39 is 9.28 Å². The Bertz CT molecular complexity index is 277. The quantitative estimate of drug-likeness (QED) is 0.361. The van der Waals surface area contributed by atoms with E-state index in [1.54, 1.807) is 0 Å². The van der Waals surface area contributed by atoms with E-state index in [0.717, 1.165) is 64.5 Å². The number of likely N-dealkylation sites (tertiary alicyclic amines) is 1. The van der Waals surface area contributed by atoms with Crippen molar-refractivity contribution in [3.8, 4) is 0 Å². The summed E-state index contributed by atoms with van der Waals surface area (Å²) in [6.45, 7) is 7.95. The van der Waals surface area contributed by atoms with Crippen LogP contribution in [0.2, 0.25) is 6.04 Å². The van der Waals surface area contributed by atoms with E-state index in [1.165, 1.54) is 25.7 Å². The molecule has 1 fully saturated rings. The average molecular weight is 330 g/mol. The summed E-state index contributed by atoms with van der Waals surface area (Å²) in [5.41, 5.74) is 0. The van der Waals surface area contributed by atoms with Crippen molar-refractivity contribution in [1.82, 2.24) is 4.90 Å². The molecule has 130 valence electrons. The SMILES string of the molecule is CCCCCO[SiH](CCCN1CCCC1=O)OCCCCC. The number of amides is 1. The molecule has 5 heteroatoms. The minimum Gasteiger partial charge on any atom is -0.397 e. The van der Waals surface area contributed by atoms with Gasteiger partial charge < -0.3 is 13.8 Å². The third-order valence-electron chi connectivity index (χ3n) is 4.14. The van der Waals surface area contributed by atoms with Crippen LogP contribution >= 0.6 is 0 Å². The van der Waals surface area contributed by atoms with E-state index in [9.17, 15) is 4.79 Å². The van der Waals surface area contributed by atoms with Gasteiger partial charge >= 0.3 is 9.28 Å². The van der Waals surface area contributed by atoms with Gasteiger partial charge in [0.05, 0.1) is 0 Å². The maximum absolute atomic E-state index is 11.6. The Morgan fingerprint density at radius 3 is 2.14 bits per heavy atom. The van der Waals surface area contributed by atoms with Crippen LogP contribution in [0.25, 0.3) is 0 Å². The Hall–Kier alpha value is -0.393. The summed E-state index contributed by atoms with van der Waals surface area (Å²) in [5, 5.41) is 0. The Labute approximate surface area is 138 Å². The minimum atomic E-state index is -1.54. The number of unbranched alkanes of at least 4 members (excludes halogenated alkanes) is 4. The van der Waals surface area contributed by atoms with Gasteiger partial charge in [0.1, 0.15) is 0 Å². The molecule has 0 aromatic heterocycles. The van der Waals surface area contributed by atoms with Crippen molar-refractivity contribution in [3.63, 3.8) is 0 Å². The summed E-state index contributed by atoms with van der Waals surface area (Å²) in [7, 11) is -1.54. The molecule has 0 spiro atoms. The Morgan fingerprint density at radius 1 is 1.00 bits per heavy atom. The lowest BCUT2D eigenvalue weighted by Crippen LogP contribution is -2.29. The molecule has 0 saturated carbocycles. The van der Waals surface area contributed by atoms with Gasteiger partial charge in [-0.25, -0.2) is 0 Å². The van der Waals surface area contributed by atoms with Crippen molar-refractivity contribution in [3.05, 3.63) is 0 Å². The van der Waals surface area contributed by atoms with Gasteiger partial charge in [0.25, 0.3) is 0 Å². The van der Waals surface area contributed by atoms with Gasteiger partial charge in [-0.15, -0.1) is 0 Å². The number of carbonyl (C=O) groups is 1. The topological polar surface area (TPSA) is 38.8 Å². The van der Waals surface area contributed by atoms with Crippen molar-refractivity contribution in [2.75, 3.05) is 26.3 Å². The molecule has 4 nitrogen and oxygen atoms in total. The highest BCUT2D eigenvalue weighted by molar-refractivity contribution is 6.44. The zero-order valence-electron chi connectivity index (χ0n) is 14.6. The molecule has 1 heterocycles. The van der Waals surface area contributed by atoms with Crippen molar-refractivity contribution >= 4 is 15.2 Å². The number of carbonyl (C=O) groups excluding carboxylic acids is 1. The molecule has 1 rings (SSSR count). The summed E-state index contributed by atoms with van der Waals surface area (Å²) in [4.78, 5) is 13.6. The first-order valence-corrected chi connectivity index (χ1v) is 11.0. The molecule has 0 atom stereocenters. The zero-order valence-corrected chi connectivity index (χ0v) is 15.8. The van der Waals surface area contributed by atoms with Crippen LogP contribution in [0.4, 0.5) is 0 Å². The minimum absolute atomic E-state index is 0.325. The fraction of sp³-hybridized carbons (Fsp3) is 0.941. The van der Waals surface area contributed by atoms with Crippen LogP contribution in [0.15, 0.2) is 0 Å². The van der Waals surface area contributed by atoms with Gasteiger partial charge in [0, 0.05) is 32.7 Å². The Balaban J connectivity index is 2.18. The van der Waals surface area contributed by atoms with E-state index in [-0.39, 0.29) is 0 Å². The fourth-order valence-electron chi connectivity index (χ4n) is 2.74. The van der Waals surface area contributed by atoms with Gasteiger partial charge in [-0.1, -0.05) is 39.5 Å². The molecule has 0 aromatic carbocycles. The third-order valence-corrected chi connectivity index (χ3v) is 6.24. The van der Waals surface area contributed by atoms with Gasteiger partial charge in [-0.3, -0.25) is 4.79 Å². The van der Waals surface area contributed by atoms with Gasteiger partial charge in [0.2, 0.25) is 5.91 Å². The standard InChI is InChI=1S/C17H35NO3Si/c1-3-5-7-14-20-22(21-15-8-6-4-2)16-10-13-18-12-9-11-17(18)19/h22H,3-16H2,1-2H3. The number of hydrogen-bond donors (Lipinski definition) is 0. The lowest BCUT2D eigenvalue weighted by atomic mass is 10.3. The molecule has 22 heavy (non-hydrogen) atoms. The lowest BCUT2D eigenvalue weighted by molar-refractivity contribution is -0.127. The monoisotopic (exact) mass is 329 g/mol. The molecule has 0 aromatic rings. The first-order chi connectivity index (χ1) is 10.8. The number of rotatable bonds is 14. The molecular weight excluding hydrogens is 294 g/mol. The highest BCUT2D eigenvalue weighted by Gasteiger charge is 2.20. The van der Waals surface area contributed by atoms with Crippen LogP contribution in [0, 0.1) is 0 Å². The first-order valence-electron chi connectivity index (χ1n) is 9.28. The highest BCUT2D eigenvalue weighted by atomic mass is 28.3. The zero-order chi connectivity index (χ0) is 16.0. The van der Waals surface area contributed by atoms with Gasteiger partial charge in [0.15, 0.2) is 0 Å². The van der Waals surface area contributed by atoms with Crippen molar-refractivity contribution in [2.45, 2.75) is 77.7 Å². The maximum atomic E-state index is 11.6. The Morgan fingerprint density at radius 2 is 1.64 bits per heavy atom. The van der Waals surface area contributed by atoms with Crippen LogP contribution in [0.3, 0.4) is 0 Å². The van der Waals surface area contributed by atoms with Crippen LogP contribution < -0.4 is 0 Å². The summed E-state index contributed by atoms with van der Waals surface area (Å²) >= 11 is 0. The second-order valence-corrected chi connectivity index (χ2v) is 8.32.